The fourth-order valence-corrected chi connectivity index (χ4v) is 6.63. The monoisotopic (exact) mass is 601 g/mol. The lowest BCUT2D eigenvalue weighted by atomic mass is 10.1. The fraction of sp³-hybridized carbons (Fsp3) is 0.516. The zero-order valence-corrected chi connectivity index (χ0v) is 25.4. The maximum atomic E-state index is 11.2. The highest BCUT2D eigenvalue weighted by Crippen LogP contribution is 2.31. The molecule has 0 spiro atoms. The number of carbonyl (C=O) groups is 1. The highest BCUT2D eigenvalue weighted by molar-refractivity contribution is 5.95. The maximum Gasteiger partial charge on any atom is 0.405 e. The number of piperazine rings is 1. The van der Waals surface area contributed by atoms with Gasteiger partial charge in [-0.1, -0.05) is 0 Å². The molecule has 2 N–H and O–H groups in total. The normalized spacial score (nSPS) is 24.5. The van der Waals surface area contributed by atoms with Crippen LogP contribution >= 0.6 is 0 Å². The molecule has 44 heavy (non-hydrogen) atoms. The third kappa shape index (κ3) is 6.33. The van der Waals surface area contributed by atoms with Crippen molar-refractivity contribution in [3.63, 3.8) is 0 Å². The van der Waals surface area contributed by atoms with E-state index in [1.807, 2.05) is 42.2 Å². The average Bonchev–Trinajstić information content (AvgIpc) is 3.42. The number of anilines is 3. The molecule has 0 radical (unpaired) electrons. The SMILES string of the molecule is COC1CN(c2nc(C)cc(N3CCN(C[C@H]4CN(c5ccc(C#N)c6ncccc56)C[C@@H](C)O4)CC3)n2)CC1NC(=O)O. The topological polar surface area (TPSA) is 143 Å². The van der Waals surface area contributed by atoms with E-state index in [1.165, 1.54) is 0 Å². The van der Waals surface area contributed by atoms with Gasteiger partial charge in [-0.15, -0.1) is 0 Å². The van der Waals surface area contributed by atoms with Crippen molar-refractivity contribution in [3.8, 4) is 6.07 Å². The number of aryl methyl sites for hydroxylation is 1. The molecule has 5 heterocycles. The molecule has 2 unspecified atom stereocenters. The number of nitriles is 1. The molecule has 0 saturated carbocycles. The number of ether oxygens (including phenoxy) is 2. The minimum Gasteiger partial charge on any atom is -0.465 e. The van der Waals surface area contributed by atoms with Crippen LogP contribution in [0.25, 0.3) is 10.9 Å². The van der Waals surface area contributed by atoms with Gasteiger partial charge in [-0.25, -0.2) is 9.78 Å². The van der Waals surface area contributed by atoms with Crippen molar-refractivity contribution >= 4 is 34.4 Å². The Hall–Kier alpha value is -4.25. The van der Waals surface area contributed by atoms with E-state index in [4.69, 9.17) is 14.5 Å². The largest absolute Gasteiger partial charge is 0.465 e. The van der Waals surface area contributed by atoms with Gasteiger partial charge in [-0.2, -0.15) is 10.2 Å². The summed E-state index contributed by atoms with van der Waals surface area (Å²) in [5.74, 6) is 1.47. The number of fused-ring (bicyclic) bond motifs is 1. The molecular formula is C31H39N9O4. The van der Waals surface area contributed by atoms with Gasteiger partial charge in [0.1, 0.15) is 11.9 Å². The van der Waals surface area contributed by atoms with E-state index in [0.717, 1.165) is 73.9 Å². The molecule has 13 nitrogen and oxygen atoms in total. The standard InChI is InChI=1S/C31H39N9O4/c1-20-13-28(36-30(34-20)40-18-25(35-31(41)42)27(19-40)43-3)38-11-9-37(10-12-38)16-23-17-39(15-21(2)44-23)26-7-6-22(14-32)29-24(26)5-4-8-33-29/h4-8,13,21,23,25,27,35H,9-12,15-19H2,1-3H3,(H,41,42)/t21-,23+,25?,27?/m1/s1. The summed E-state index contributed by atoms with van der Waals surface area (Å²) in [4.78, 5) is 34.4. The van der Waals surface area contributed by atoms with Crippen LogP contribution in [0, 0.1) is 18.3 Å². The smallest absolute Gasteiger partial charge is 0.405 e. The fourth-order valence-electron chi connectivity index (χ4n) is 6.63. The number of methoxy groups -OCH3 is 1. The number of benzene rings is 1. The summed E-state index contributed by atoms with van der Waals surface area (Å²) in [6.45, 7) is 10.9. The highest BCUT2D eigenvalue weighted by Gasteiger charge is 2.36. The van der Waals surface area contributed by atoms with Crippen molar-refractivity contribution in [1.29, 1.82) is 5.26 Å². The van der Waals surface area contributed by atoms with E-state index < -0.39 is 6.09 Å². The molecule has 1 aromatic carbocycles. The number of pyridine rings is 1. The van der Waals surface area contributed by atoms with Crippen LogP contribution in [0.5, 0.6) is 0 Å². The first-order chi connectivity index (χ1) is 21.3. The summed E-state index contributed by atoms with van der Waals surface area (Å²) in [7, 11) is 1.59. The van der Waals surface area contributed by atoms with Gasteiger partial charge in [0.25, 0.3) is 0 Å². The second-order valence-corrected chi connectivity index (χ2v) is 11.8. The molecule has 3 aromatic rings. The lowest BCUT2D eigenvalue weighted by Crippen LogP contribution is -2.54. The van der Waals surface area contributed by atoms with E-state index in [-0.39, 0.29) is 24.4 Å². The molecule has 3 aliphatic rings. The van der Waals surface area contributed by atoms with Crippen molar-refractivity contribution in [3.05, 3.63) is 47.8 Å². The first-order valence-electron chi connectivity index (χ1n) is 15.1. The summed E-state index contributed by atoms with van der Waals surface area (Å²) in [5, 5.41) is 22.3. The number of amides is 1. The summed E-state index contributed by atoms with van der Waals surface area (Å²) in [6, 6.07) is 11.8. The van der Waals surface area contributed by atoms with Crippen molar-refractivity contribution in [2.24, 2.45) is 0 Å². The second kappa shape index (κ2) is 12.8. The van der Waals surface area contributed by atoms with Crippen LogP contribution in [0.15, 0.2) is 36.5 Å². The molecule has 0 aliphatic carbocycles. The number of nitrogens with one attached hydrogen (secondary N) is 1. The molecule has 4 atom stereocenters. The molecule has 0 bridgehead atoms. The number of nitrogens with zero attached hydrogens (tertiary/aromatic N) is 8. The van der Waals surface area contributed by atoms with Gasteiger partial charge in [-0.3, -0.25) is 9.88 Å². The minimum atomic E-state index is -1.07. The van der Waals surface area contributed by atoms with Crippen LogP contribution in [0.2, 0.25) is 0 Å². The molecular weight excluding hydrogens is 562 g/mol. The Morgan fingerprint density at radius 3 is 2.68 bits per heavy atom. The Bertz CT molecular complexity index is 1540. The van der Waals surface area contributed by atoms with Crippen molar-refractivity contribution in [2.45, 2.75) is 38.2 Å². The predicted molar refractivity (Wildman–Crippen MR) is 166 cm³/mol. The van der Waals surface area contributed by atoms with Crippen LogP contribution in [-0.2, 0) is 9.47 Å². The predicted octanol–water partition coefficient (Wildman–Crippen LogP) is 2.09. The number of aromatic nitrogens is 3. The van der Waals surface area contributed by atoms with Gasteiger partial charge >= 0.3 is 6.09 Å². The van der Waals surface area contributed by atoms with Gasteiger partial charge in [0.05, 0.1) is 35.4 Å². The third-order valence-corrected chi connectivity index (χ3v) is 8.68. The van der Waals surface area contributed by atoms with Gasteiger partial charge in [0.2, 0.25) is 5.95 Å². The second-order valence-electron chi connectivity index (χ2n) is 11.8. The lowest BCUT2D eigenvalue weighted by Gasteiger charge is -2.42. The number of carboxylic acid groups (broad SMARTS) is 1. The molecule has 3 aliphatic heterocycles. The van der Waals surface area contributed by atoms with Crippen molar-refractivity contribution in [1.82, 2.24) is 25.2 Å². The van der Waals surface area contributed by atoms with Gasteiger partial charge in [0, 0.05) is 95.0 Å². The zero-order chi connectivity index (χ0) is 30.8. The number of morpholine rings is 1. The maximum absolute atomic E-state index is 11.2. The van der Waals surface area contributed by atoms with Crippen LogP contribution in [0.4, 0.5) is 22.2 Å². The van der Waals surface area contributed by atoms with Gasteiger partial charge in [-0.05, 0) is 38.1 Å². The molecule has 2 aromatic heterocycles. The summed E-state index contributed by atoms with van der Waals surface area (Å²) in [5.41, 5.74) is 3.28. The third-order valence-electron chi connectivity index (χ3n) is 8.68. The van der Waals surface area contributed by atoms with E-state index >= 15 is 0 Å². The van der Waals surface area contributed by atoms with Crippen LogP contribution < -0.4 is 20.0 Å². The van der Waals surface area contributed by atoms with E-state index in [2.05, 4.69) is 43.0 Å². The Kier molecular flexibility index (Phi) is 8.65. The van der Waals surface area contributed by atoms with Crippen LogP contribution in [0.3, 0.4) is 0 Å². The molecule has 3 saturated heterocycles. The van der Waals surface area contributed by atoms with E-state index in [9.17, 15) is 15.2 Å². The lowest BCUT2D eigenvalue weighted by molar-refractivity contribution is -0.0327. The zero-order valence-electron chi connectivity index (χ0n) is 25.4. The summed E-state index contributed by atoms with van der Waals surface area (Å²) >= 11 is 0. The van der Waals surface area contributed by atoms with Gasteiger partial charge < -0.3 is 34.6 Å². The van der Waals surface area contributed by atoms with Crippen molar-refractivity contribution in [2.75, 3.05) is 80.7 Å². The molecule has 1 amide bonds. The first-order valence-corrected chi connectivity index (χ1v) is 15.1. The minimum absolute atomic E-state index is 0.0526. The number of hydrogen-bond donors (Lipinski definition) is 2. The van der Waals surface area contributed by atoms with Crippen LogP contribution in [0.1, 0.15) is 18.2 Å². The average molecular weight is 602 g/mol. The Balaban J connectivity index is 1.09. The van der Waals surface area contributed by atoms with Crippen LogP contribution in [-0.4, -0.2) is 121 Å². The quantitative estimate of drug-likeness (QED) is 0.409. The molecule has 3 fully saturated rings. The summed E-state index contributed by atoms with van der Waals surface area (Å²) < 4.78 is 11.9. The van der Waals surface area contributed by atoms with E-state index in [0.29, 0.717) is 24.6 Å². The Labute approximate surface area is 257 Å². The first kappa shape index (κ1) is 29.8. The summed E-state index contributed by atoms with van der Waals surface area (Å²) in [6.07, 6.45) is 0.531. The van der Waals surface area contributed by atoms with E-state index in [1.54, 1.807) is 13.3 Å². The molecule has 232 valence electrons. The number of hydrogen-bond acceptors (Lipinski definition) is 11. The number of rotatable bonds is 7. The van der Waals surface area contributed by atoms with Gasteiger partial charge in [0.15, 0.2) is 0 Å². The Morgan fingerprint density at radius 2 is 1.93 bits per heavy atom. The Morgan fingerprint density at radius 1 is 1.11 bits per heavy atom. The molecule has 6 rings (SSSR count). The highest BCUT2D eigenvalue weighted by atomic mass is 16.5. The van der Waals surface area contributed by atoms with Crippen molar-refractivity contribution < 1.29 is 19.4 Å². The molecule has 13 heteroatoms.